The van der Waals surface area contributed by atoms with Crippen molar-refractivity contribution in [1.82, 2.24) is 14.7 Å². The van der Waals surface area contributed by atoms with E-state index in [-0.39, 0.29) is 12.5 Å². The predicted molar refractivity (Wildman–Crippen MR) is 119 cm³/mol. The number of carbonyl (C=O) groups excluding carboxylic acids is 1. The molecule has 1 aliphatic carbocycles. The first-order chi connectivity index (χ1) is 15.0. The molecule has 172 valence electrons. The number of benzene rings is 1. The number of carbonyl (C=O) groups is 1. The van der Waals surface area contributed by atoms with Gasteiger partial charge in [0.1, 0.15) is 18.5 Å². The van der Waals surface area contributed by atoms with Gasteiger partial charge in [-0.2, -0.15) is 0 Å². The lowest BCUT2D eigenvalue weighted by Crippen LogP contribution is -2.50. The number of likely N-dealkylation sites (tertiary alicyclic amines) is 1. The van der Waals surface area contributed by atoms with E-state index in [0.29, 0.717) is 24.5 Å². The third kappa shape index (κ3) is 5.77. The standard InChI is InChI=1S/C24H37N3O4/c1-18(28)27-11-9-25(10-12-27)16-22(29)17-31-23-7-3-19(4-8-23)13-26-14-20-5-6-21(15-26)24(20)30-2/h3-4,7-8,20-22,24,29H,5-6,9-17H2,1-2H3/t20-,21+,22?,24?. The summed E-state index contributed by atoms with van der Waals surface area (Å²) in [5.74, 6) is 2.28. The van der Waals surface area contributed by atoms with Crippen LogP contribution in [0.5, 0.6) is 5.75 Å². The van der Waals surface area contributed by atoms with Crippen molar-refractivity contribution in [3.63, 3.8) is 0 Å². The topological polar surface area (TPSA) is 65.5 Å². The number of piperidine rings is 1. The smallest absolute Gasteiger partial charge is 0.219 e. The van der Waals surface area contributed by atoms with Crippen molar-refractivity contribution in [2.24, 2.45) is 11.8 Å². The van der Waals surface area contributed by atoms with Crippen molar-refractivity contribution in [3.05, 3.63) is 29.8 Å². The summed E-state index contributed by atoms with van der Waals surface area (Å²) < 4.78 is 11.5. The molecule has 4 atom stereocenters. The number of amides is 1. The number of rotatable bonds is 8. The highest BCUT2D eigenvalue weighted by molar-refractivity contribution is 5.73. The van der Waals surface area contributed by atoms with Crippen LogP contribution in [-0.2, 0) is 16.1 Å². The SMILES string of the molecule is COC1[C@@H]2CC[C@H]1CN(Cc1ccc(OCC(O)CN3CCN(C(C)=O)CC3)cc1)C2. The molecule has 2 saturated heterocycles. The van der Waals surface area contributed by atoms with Gasteiger partial charge in [0, 0.05) is 66.4 Å². The van der Waals surface area contributed by atoms with Crippen molar-refractivity contribution in [1.29, 1.82) is 0 Å². The number of methoxy groups -OCH3 is 1. The second-order valence-corrected chi connectivity index (χ2v) is 9.41. The van der Waals surface area contributed by atoms with Crippen LogP contribution in [0.25, 0.3) is 0 Å². The van der Waals surface area contributed by atoms with Crippen LogP contribution in [0.1, 0.15) is 25.3 Å². The zero-order valence-corrected chi connectivity index (χ0v) is 18.9. The molecule has 0 aromatic heterocycles. The van der Waals surface area contributed by atoms with E-state index < -0.39 is 6.10 Å². The summed E-state index contributed by atoms with van der Waals surface area (Å²) in [6.07, 6.45) is 2.50. The molecule has 0 radical (unpaired) electrons. The van der Waals surface area contributed by atoms with Gasteiger partial charge in [-0.15, -0.1) is 0 Å². The Morgan fingerprint density at radius 2 is 1.71 bits per heavy atom. The van der Waals surface area contributed by atoms with Crippen LogP contribution in [0.15, 0.2) is 24.3 Å². The van der Waals surface area contributed by atoms with Crippen LogP contribution in [0.3, 0.4) is 0 Å². The van der Waals surface area contributed by atoms with E-state index in [9.17, 15) is 9.90 Å². The molecule has 2 bridgehead atoms. The van der Waals surface area contributed by atoms with Crippen molar-refractivity contribution < 1.29 is 19.4 Å². The fourth-order valence-electron chi connectivity index (χ4n) is 5.52. The van der Waals surface area contributed by atoms with E-state index >= 15 is 0 Å². The highest BCUT2D eigenvalue weighted by atomic mass is 16.5. The number of nitrogens with zero attached hydrogens (tertiary/aromatic N) is 3. The van der Waals surface area contributed by atoms with Gasteiger partial charge in [-0.05, 0) is 42.4 Å². The predicted octanol–water partition coefficient (Wildman–Crippen LogP) is 1.45. The van der Waals surface area contributed by atoms with Crippen molar-refractivity contribution in [2.45, 2.75) is 38.5 Å². The molecular weight excluding hydrogens is 394 g/mol. The summed E-state index contributed by atoms with van der Waals surface area (Å²) in [7, 11) is 1.86. The Balaban J connectivity index is 1.17. The average molecular weight is 432 g/mol. The summed E-state index contributed by atoms with van der Waals surface area (Å²) in [5, 5.41) is 10.3. The number of fused-ring (bicyclic) bond motifs is 2. The minimum atomic E-state index is -0.541. The van der Waals surface area contributed by atoms with E-state index in [1.165, 1.54) is 18.4 Å². The Bertz CT molecular complexity index is 706. The molecule has 7 heteroatoms. The number of aliphatic hydroxyl groups is 1. The lowest BCUT2D eigenvalue weighted by Gasteiger charge is -2.37. The van der Waals surface area contributed by atoms with Gasteiger partial charge in [-0.1, -0.05) is 12.1 Å². The number of ether oxygens (including phenoxy) is 2. The van der Waals surface area contributed by atoms with Crippen molar-refractivity contribution in [2.75, 3.05) is 59.5 Å². The first kappa shape index (κ1) is 22.5. The van der Waals surface area contributed by atoms with Crippen LogP contribution in [0.4, 0.5) is 0 Å². The fraction of sp³-hybridized carbons (Fsp3) is 0.708. The van der Waals surface area contributed by atoms with E-state index in [1.54, 1.807) is 6.92 Å². The first-order valence-electron chi connectivity index (χ1n) is 11.6. The van der Waals surface area contributed by atoms with Crippen LogP contribution in [-0.4, -0.2) is 97.5 Å². The van der Waals surface area contributed by atoms with E-state index in [2.05, 4.69) is 21.9 Å². The quantitative estimate of drug-likeness (QED) is 0.672. The maximum atomic E-state index is 11.4. The molecule has 4 rings (SSSR count). The Labute approximate surface area is 185 Å². The average Bonchev–Trinajstić information content (AvgIpc) is 3.02. The minimum Gasteiger partial charge on any atom is -0.491 e. The lowest BCUT2D eigenvalue weighted by atomic mass is 9.94. The summed E-state index contributed by atoms with van der Waals surface area (Å²) in [5.41, 5.74) is 1.30. The van der Waals surface area contributed by atoms with Crippen LogP contribution < -0.4 is 4.74 Å². The highest BCUT2D eigenvalue weighted by Crippen LogP contribution is 2.39. The van der Waals surface area contributed by atoms with Crippen molar-refractivity contribution in [3.8, 4) is 5.75 Å². The van der Waals surface area contributed by atoms with Gasteiger partial charge in [0.2, 0.25) is 5.91 Å². The maximum Gasteiger partial charge on any atom is 0.219 e. The van der Waals surface area contributed by atoms with Gasteiger partial charge in [0.25, 0.3) is 0 Å². The molecule has 2 heterocycles. The van der Waals surface area contributed by atoms with Gasteiger partial charge in [0.15, 0.2) is 0 Å². The second-order valence-electron chi connectivity index (χ2n) is 9.41. The zero-order chi connectivity index (χ0) is 21.8. The van der Waals surface area contributed by atoms with E-state index in [4.69, 9.17) is 9.47 Å². The van der Waals surface area contributed by atoms with E-state index in [0.717, 1.165) is 51.6 Å². The molecule has 2 aliphatic heterocycles. The Morgan fingerprint density at radius 1 is 1.06 bits per heavy atom. The molecule has 1 aromatic carbocycles. The molecule has 7 nitrogen and oxygen atoms in total. The molecule has 3 aliphatic rings. The molecule has 1 aromatic rings. The molecule has 1 saturated carbocycles. The molecular formula is C24H37N3O4. The Morgan fingerprint density at radius 3 is 2.29 bits per heavy atom. The molecule has 2 unspecified atom stereocenters. The zero-order valence-electron chi connectivity index (χ0n) is 18.9. The number of hydrogen-bond donors (Lipinski definition) is 1. The van der Waals surface area contributed by atoms with Gasteiger partial charge in [-0.3, -0.25) is 14.6 Å². The molecule has 3 fully saturated rings. The molecule has 31 heavy (non-hydrogen) atoms. The molecule has 0 spiro atoms. The number of aliphatic hydroxyl groups excluding tert-OH is 1. The third-order valence-electron chi connectivity index (χ3n) is 7.15. The van der Waals surface area contributed by atoms with Gasteiger partial charge in [-0.25, -0.2) is 0 Å². The normalized spacial score (nSPS) is 28.0. The number of piperazine rings is 1. The van der Waals surface area contributed by atoms with E-state index in [1.807, 2.05) is 24.1 Å². The van der Waals surface area contributed by atoms with Gasteiger partial charge >= 0.3 is 0 Å². The largest absolute Gasteiger partial charge is 0.491 e. The van der Waals surface area contributed by atoms with Crippen molar-refractivity contribution >= 4 is 5.91 Å². The number of β-amino-alcohol motifs (C(OH)–C–C–N with tert-alkyl or cyclic N) is 1. The second kappa shape index (κ2) is 10.3. The fourth-order valence-corrected chi connectivity index (χ4v) is 5.52. The summed E-state index contributed by atoms with van der Waals surface area (Å²) in [4.78, 5) is 18.0. The number of hydrogen-bond acceptors (Lipinski definition) is 6. The van der Waals surface area contributed by atoms with Gasteiger partial charge in [0.05, 0.1) is 6.10 Å². The third-order valence-corrected chi connectivity index (χ3v) is 7.15. The highest BCUT2D eigenvalue weighted by Gasteiger charge is 2.41. The van der Waals surface area contributed by atoms with Crippen LogP contribution in [0.2, 0.25) is 0 Å². The molecule has 1 amide bonds. The lowest BCUT2D eigenvalue weighted by molar-refractivity contribution is -0.130. The first-order valence-corrected chi connectivity index (χ1v) is 11.6. The molecule has 1 N–H and O–H groups in total. The summed E-state index contributed by atoms with van der Waals surface area (Å²) in [6, 6.07) is 8.27. The van der Waals surface area contributed by atoms with Crippen LogP contribution in [0, 0.1) is 11.8 Å². The Kier molecular flexibility index (Phi) is 7.48. The maximum absolute atomic E-state index is 11.4. The minimum absolute atomic E-state index is 0.124. The van der Waals surface area contributed by atoms with Gasteiger partial charge < -0.3 is 19.5 Å². The summed E-state index contributed by atoms with van der Waals surface area (Å²) >= 11 is 0. The summed E-state index contributed by atoms with van der Waals surface area (Å²) in [6.45, 7) is 8.74. The Hall–Kier alpha value is -1.67. The van der Waals surface area contributed by atoms with Crippen LogP contribution >= 0.6 is 0 Å². The monoisotopic (exact) mass is 431 g/mol.